The molecule has 3 rings (SSSR count). The third-order valence-electron chi connectivity index (χ3n) is 4.60. The number of anilines is 2. The molecule has 0 amide bonds. The average Bonchev–Trinajstić information content (AvgIpc) is 2.87. The molecule has 1 aromatic carbocycles. The van der Waals surface area contributed by atoms with Crippen molar-refractivity contribution in [3.63, 3.8) is 0 Å². The second-order valence-electron chi connectivity index (χ2n) is 6.66. The van der Waals surface area contributed by atoms with Crippen LogP contribution in [0.2, 0.25) is 0 Å². The largest absolute Gasteiger partial charge is 0.372 e. The number of rotatable bonds is 5. The molecule has 29 heavy (non-hydrogen) atoms. The smallest absolute Gasteiger partial charge is 0.158 e. The Bertz CT molecular complexity index is 966. The molecular weight excluding hydrogens is 367 g/mol. The maximum absolute atomic E-state index is 13.7. The summed E-state index contributed by atoms with van der Waals surface area (Å²) in [6.45, 7) is 11.1. The van der Waals surface area contributed by atoms with Gasteiger partial charge in [-0.1, -0.05) is 24.8 Å². The minimum atomic E-state index is -0.291. The molecule has 1 aliphatic rings. The first-order valence-corrected chi connectivity index (χ1v) is 9.41. The van der Waals surface area contributed by atoms with Crippen LogP contribution in [0, 0.1) is 5.82 Å². The molecule has 0 spiro atoms. The van der Waals surface area contributed by atoms with E-state index in [1.165, 1.54) is 12.1 Å². The lowest BCUT2D eigenvalue weighted by atomic mass is 10.1. The highest BCUT2D eigenvalue weighted by Crippen LogP contribution is 2.34. The van der Waals surface area contributed by atoms with Crippen LogP contribution in [0.4, 0.5) is 15.9 Å². The van der Waals surface area contributed by atoms with Crippen molar-refractivity contribution < 1.29 is 4.39 Å². The van der Waals surface area contributed by atoms with Crippen molar-refractivity contribution in [2.24, 2.45) is 10.1 Å². The number of aromatic nitrogens is 1. The molecule has 1 aliphatic heterocycles. The zero-order chi connectivity index (χ0) is 20.8. The van der Waals surface area contributed by atoms with Gasteiger partial charge in [0.15, 0.2) is 5.82 Å². The maximum atomic E-state index is 13.7. The summed E-state index contributed by atoms with van der Waals surface area (Å²) in [7, 11) is 2.03. The number of amidine groups is 1. The van der Waals surface area contributed by atoms with E-state index in [9.17, 15) is 4.39 Å². The molecule has 2 heterocycles. The molecule has 6 nitrogen and oxygen atoms in total. The first kappa shape index (κ1) is 20.3. The van der Waals surface area contributed by atoms with Gasteiger partial charge in [0.05, 0.1) is 11.4 Å². The lowest BCUT2D eigenvalue weighted by molar-refractivity contribution is 0.628. The second kappa shape index (κ2) is 9.14. The predicted molar refractivity (Wildman–Crippen MR) is 119 cm³/mol. The Morgan fingerprint density at radius 2 is 2.10 bits per heavy atom. The Balaban J connectivity index is 2.05. The highest BCUT2D eigenvalue weighted by Gasteiger charge is 2.23. The van der Waals surface area contributed by atoms with Crippen LogP contribution < -0.4 is 15.2 Å². The van der Waals surface area contributed by atoms with Crippen molar-refractivity contribution in [2.75, 3.05) is 29.9 Å². The molecule has 0 radical (unpaired) electrons. The summed E-state index contributed by atoms with van der Waals surface area (Å²) in [4.78, 5) is 13.5. The Labute approximate surface area is 170 Å². The Hall–Kier alpha value is -3.48. The van der Waals surface area contributed by atoms with Crippen molar-refractivity contribution in [2.45, 2.75) is 13.3 Å². The molecule has 150 valence electrons. The molecule has 0 aliphatic carbocycles. The zero-order valence-electron chi connectivity index (χ0n) is 16.8. The number of hydrogen-bond donors (Lipinski definition) is 1. The summed E-state index contributed by atoms with van der Waals surface area (Å²) in [5.74, 6) is 1.52. The monoisotopic (exact) mass is 392 g/mol. The Morgan fingerprint density at radius 1 is 1.28 bits per heavy atom. The summed E-state index contributed by atoms with van der Waals surface area (Å²) in [6.07, 6.45) is 4.57. The van der Waals surface area contributed by atoms with Gasteiger partial charge in [-0.2, -0.15) is 5.10 Å². The molecule has 0 bridgehead atoms. The average molecular weight is 392 g/mol. The van der Waals surface area contributed by atoms with Gasteiger partial charge in [-0.05, 0) is 43.7 Å². The number of allylic oxidation sites excluding steroid dienone is 1. The molecule has 1 N–H and O–H groups in total. The van der Waals surface area contributed by atoms with Crippen LogP contribution >= 0.6 is 0 Å². The SMILES string of the molecule is C=NNC(/C=C\C)=NC(=C)N1CCCN(C)c2ccc(-c3cccc(F)c3)nc21. The van der Waals surface area contributed by atoms with E-state index in [0.717, 1.165) is 30.0 Å². The van der Waals surface area contributed by atoms with Gasteiger partial charge in [-0.3, -0.25) is 5.43 Å². The first-order valence-electron chi connectivity index (χ1n) is 9.41. The lowest BCUT2D eigenvalue weighted by Crippen LogP contribution is -2.25. The van der Waals surface area contributed by atoms with Gasteiger partial charge in [-0.15, -0.1) is 0 Å². The molecule has 0 unspecified atom stereocenters. The third-order valence-corrected chi connectivity index (χ3v) is 4.60. The second-order valence-corrected chi connectivity index (χ2v) is 6.66. The highest BCUT2D eigenvalue weighted by atomic mass is 19.1. The van der Waals surface area contributed by atoms with Crippen molar-refractivity contribution in [1.82, 2.24) is 10.4 Å². The van der Waals surface area contributed by atoms with Crippen molar-refractivity contribution in [3.05, 3.63) is 66.8 Å². The minimum Gasteiger partial charge on any atom is -0.372 e. The van der Waals surface area contributed by atoms with Gasteiger partial charge >= 0.3 is 0 Å². The number of halogens is 1. The van der Waals surface area contributed by atoms with Crippen LogP contribution in [0.3, 0.4) is 0 Å². The predicted octanol–water partition coefficient (Wildman–Crippen LogP) is 4.19. The fourth-order valence-electron chi connectivity index (χ4n) is 3.23. The number of aliphatic imine (C=N–C) groups is 1. The molecule has 0 saturated heterocycles. The van der Waals surface area contributed by atoms with Crippen LogP contribution in [0.25, 0.3) is 11.3 Å². The Morgan fingerprint density at radius 3 is 2.83 bits per heavy atom. The van der Waals surface area contributed by atoms with Gasteiger partial charge in [0, 0.05) is 32.4 Å². The number of nitrogens with zero attached hydrogens (tertiary/aromatic N) is 5. The number of benzene rings is 1. The van der Waals surface area contributed by atoms with Gasteiger partial charge in [-0.25, -0.2) is 14.4 Å². The van der Waals surface area contributed by atoms with E-state index in [1.54, 1.807) is 12.1 Å². The standard InChI is InChI=1S/C22H25FN6/c1-5-8-21(27-24-3)25-16(2)29-14-7-13-28(4)20-12-11-19(26-22(20)29)17-9-6-10-18(23)15-17/h5-6,8-12,15H,2-3,7,13-14H2,1,4H3,(H,25,27)/b8-5-. The minimum absolute atomic E-state index is 0.291. The van der Waals surface area contributed by atoms with E-state index in [4.69, 9.17) is 4.98 Å². The van der Waals surface area contributed by atoms with Gasteiger partial charge < -0.3 is 9.80 Å². The molecule has 0 atom stereocenters. The first-order chi connectivity index (χ1) is 14.0. The molecule has 0 fully saturated rings. The lowest BCUT2D eigenvalue weighted by Gasteiger charge is -2.25. The van der Waals surface area contributed by atoms with Gasteiger partial charge in [0.1, 0.15) is 17.5 Å². The van der Waals surface area contributed by atoms with Crippen LogP contribution in [0.5, 0.6) is 0 Å². The summed E-state index contributed by atoms with van der Waals surface area (Å²) >= 11 is 0. The fraction of sp³-hybridized carbons (Fsp3) is 0.227. The zero-order valence-corrected chi connectivity index (χ0v) is 16.8. The van der Waals surface area contributed by atoms with Crippen LogP contribution in [-0.4, -0.2) is 37.7 Å². The van der Waals surface area contributed by atoms with E-state index >= 15 is 0 Å². The van der Waals surface area contributed by atoms with E-state index in [2.05, 4.69) is 33.7 Å². The fourth-order valence-corrected chi connectivity index (χ4v) is 3.23. The van der Waals surface area contributed by atoms with E-state index in [0.29, 0.717) is 23.9 Å². The van der Waals surface area contributed by atoms with Crippen molar-refractivity contribution in [3.8, 4) is 11.3 Å². The molecule has 1 aromatic heterocycles. The van der Waals surface area contributed by atoms with Gasteiger partial charge in [0.25, 0.3) is 0 Å². The summed E-state index contributed by atoms with van der Waals surface area (Å²) < 4.78 is 13.7. The van der Waals surface area contributed by atoms with Gasteiger partial charge in [0.2, 0.25) is 0 Å². The molecule has 2 aromatic rings. The quantitative estimate of drug-likeness (QED) is 0.471. The molecule has 7 heteroatoms. The number of hydrazone groups is 1. The van der Waals surface area contributed by atoms with E-state index < -0.39 is 0 Å². The van der Waals surface area contributed by atoms with Crippen LogP contribution in [-0.2, 0) is 0 Å². The summed E-state index contributed by atoms with van der Waals surface area (Å²) in [6, 6.07) is 10.4. The number of hydrogen-bond acceptors (Lipinski definition) is 5. The molecular formula is C22H25FN6. The normalized spacial score (nSPS) is 14.5. The maximum Gasteiger partial charge on any atom is 0.158 e. The number of pyridine rings is 1. The summed E-state index contributed by atoms with van der Waals surface area (Å²) in [5, 5.41) is 3.69. The number of fused-ring (bicyclic) bond motifs is 1. The molecule has 0 saturated carbocycles. The highest BCUT2D eigenvalue weighted by molar-refractivity contribution is 5.93. The van der Waals surface area contributed by atoms with Crippen molar-refractivity contribution in [1.29, 1.82) is 0 Å². The Kier molecular flexibility index (Phi) is 6.39. The van der Waals surface area contributed by atoms with Crippen LogP contribution in [0.15, 0.2) is 71.0 Å². The topological polar surface area (TPSA) is 56.1 Å². The van der Waals surface area contributed by atoms with Crippen molar-refractivity contribution >= 4 is 24.1 Å². The summed E-state index contributed by atoms with van der Waals surface area (Å²) in [5.41, 5.74) is 5.15. The van der Waals surface area contributed by atoms with Crippen LogP contribution in [0.1, 0.15) is 13.3 Å². The van der Waals surface area contributed by atoms with E-state index in [-0.39, 0.29) is 5.82 Å². The third kappa shape index (κ3) is 4.68. The van der Waals surface area contributed by atoms with E-state index in [1.807, 2.05) is 43.1 Å². The number of nitrogens with one attached hydrogen (secondary N) is 1.